The molecule has 1 N–H and O–H groups in total. The van der Waals surface area contributed by atoms with Gasteiger partial charge in [0.2, 0.25) is 0 Å². The highest BCUT2D eigenvalue weighted by Gasteiger charge is 2.41. The fraction of sp³-hybridized carbons (Fsp3) is 1.00. The topological polar surface area (TPSA) is 24.5 Å². The van der Waals surface area contributed by atoms with Gasteiger partial charge in [0.05, 0.1) is 12.2 Å². The minimum atomic E-state index is 0.524. The number of likely N-dealkylation sites (tertiary alicyclic amines) is 1. The fourth-order valence-corrected chi connectivity index (χ4v) is 4.60. The Morgan fingerprint density at radius 2 is 1.80 bits per heavy atom. The van der Waals surface area contributed by atoms with E-state index in [-0.39, 0.29) is 0 Å². The Kier molecular flexibility index (Phi) is 4.68. The maximum absolute atomic E-state index is 6.03. The zero-order valence-corrected chi connectivity index (χ0v) is 13.5. The lowest BCUT2D eigenvalue weighted by molar-refractivity contribution is -0.0670. The van der Waals surface area contributed by atoms with Gasteiger partial charge in [-0.05, 0) is 50.5 Å². The van der Waals surface area contributed by atoms with E-state index < -0.39 is 0 Å². The van der Waals surface area contributed by atoms with Crippen molar-refractivity contribution in [2.45, 2.75) is 77.2 Å². The van der Waals surface area contributed by atoms with Gasteiger partial charge in [0.25, 0.3) is 0 Å². The quantitative estimate of drug-likeness (QED) is 0.857. The van der Waals surface area contributed by atoms with Crippen LogP contribution in [-0.4, -0.2) is 48.8 Å². The van der Waals surface area contributed by atoms with Crippen LogP contribution in [0.4, 0.5) is 0 Å². The van der Waals surface area contributed by atoms with E-state index in [1.54, 1.807) is 0 Å². The number of hydrogen-bond acceptors (Lipinski definition) is 3. The molecule has 2 heterocycles. The first-order valence-corrected chi connectivity index (χ1v) is 8.80. The minimum absolute atomic E-state index is 0.524. The summed E-state index contributed by atoms with van der Waals surface area (Å²) in [6, 6.07) is 1.44. The Bertz CT molecular complexity index is 308. The molecule has 0 aromatic heterocycles. The van der Waals surface area contributed by atoms with Gasteiger partial charge < -0.3 is 10.1 Å². The Morgan fingerprint density at radius 3 is 2.40 bits per heavy atom. The molecule has 1 aliphatic carbocycles. The third kappa shape index (κ3) is 3.05. The Balaban J connectivity index is 1.68. The maximum atomic E-state index is 6.03. The molecule has 0 amide bonds. The second kappa shape index (κ2) is 6.33. The summed E-state index contributed by atoms with van der Waals surface area (Å²) >= 11 is 0. The average molecular weight is 280 g/mol. The Hall–Kier alpha value is -0.120. The highest BCUT2D eigenvalue weighted by molar-refractivity contribution is 4.96. The summed E-state index contributed by atoms with van der Waals surface area (Å²) in [5.74, 6) is 1.74. The van der Waals surface area contributed by atoms with Gasteiger partial charge in [-0.15, -0.1) is 0 Å². The molecule has 3 fully saturated rings. The van der Waals surface area contributed by atoms with Gasteiger partial charge >= 0.3 is 0 Å². The third-order valence-corrected chi connectivity index (χ3v) is 5.81. The van der Waals surface area contributed by atoms with Crippen molar-refractivity contribution < 1.29 is 4.74 Å². The van der Waals surface area contributed by atoms with Gasteiger partial charge in [-0.1, -0.05) is 20.8 Å². The van der Waals surface area contributed by atoms with E-state index in [4.69, 9.17) is 4.74 Å². The lowest BCUT2D eigenvalue weighted by Crippen LogP contribution is -2.58. The molecular formula is C17H32N2O. The predicted molar refractivity (Wildman–Crippen MR) is 82.9 cm³/mol. The summed E-state index contributed by atoms with van der Waals surface area (Å²) in [7, 11) is 0. The second-order valence-corrected chi connectivity index (χ2v) is 7.46. The van der Waals surface area contributed by atoms with Crippen LogP contribution in [0.1, 0.15) is 52.9 Å². The van der Waals surface area contributed by atoms with Crippen LogP contribution < -0.4 is 5.32 Å². The number of hydrogen-bond donors (Lipinski definition) is 1. The zero-order valence-electron chi connectivity index (χ0n) is 13.5. The molecule has 0 aromatic rings. The first-order chi connectivity index (χ1) is 9.67. The van der Waals surface area contributed by atoms with Crippen molar-refractivity contribution in [1.82, 2.24) is 10.2 Å². The number of nitrogens with zero attached hydrogens (tertiary/aromatic N) is 1. The molecule has 3 heteroatoms. The molecule has 20 heavy (non-hydrogen) atoms. The lowest BCUT2D eigenvalue weighted by atomic mass is 9.76. The summed E-state index contributed by atoms with van der Waals surface area (Å²) in [6.45, 7) is 10.5. The van der Waals surface area contributed by atoms with E-state index in [2.05, 4.69) is 31.0 Å². The van der Waals surface area contributed by atoms with Crippen molar-refractivity contribution in [1.29, 1.82) is 0 Å². The molecule has 116 valence electrons. The highest BCUT2D eigenvalue weighted by atomic mass is 16.5. The number of morpholine rings is 1. The fourth-order valence-electron chi connectivity index (χ4n) is 4.60. The summed E-state index contributed by atoms with van der Waals surface area (Å²) in [5, 5.41) is 3.76. The summed E-state index contributed by atoms with van der Waals surface area (Å²) in [6.07, 6.45) is 7.76. The normalized spacial score (nSPS) is 42.3. The van der Waals surface area contributed by atoms with Crippen molar-refractivity contribution in [3.63, 3.8) is 0 Å². The monoisotopic (exact) mass is 280 g/mol. The number of rotatable bonds is 4. The van der Waals surface area contributed by atoms with Crippen molar-refractivity contribution in [2.24, 2.45) is 11.8 Å². The molecule has 2 bridgehead atoms. The summed E-state index contributed by atoms with van der Waals surface area (Å²) in [4.78, 5) is 2.77. The van der Waals surface area contributed by atoms with Crippen molar-refractivity contribution in [3.8, 4) is 0 Å². The van der Waals surface area contributed by atoms with Crippen LogP contribution in [0.15, 0.2) is 0 Å². The maximum Gasteiger partial charge on any atom is 0.0707 e. The largest absolute Gasteiger partial charge is 0.372 e. The molecule has 5 atom stereocenters. The smallest absolute Gasteiger partial charge is 0.0707 e. The number of fused-ring (bicyclic) bond motifs is 2. The zero-order chi connectivity index (χ0) is 14.1. The molecule has 3 nitrogen and oxygen atoms in total. The van der Waals surface area contributed by atoms with E-state index in [0.717, 1.165) is 24.4 Å². The highest BCUT2D eigenvalue weighted by Crippen LogP contribution is 2.36. The standard InChI is InChI=1S/C17H32N2O/c1-4-18-16-8-5-13(12(2)3)9-17(16)19-10-14-6-7-15(11-19)20-14/h12-18H,4-11H2,1-3H3. The predicted octanol–water partition coefficient (Wildman–Crippen LogP) is 2.65. The molecule has 3 aliphatic rings. The van der Waals surface area contributed by atoms with Crippen LogP contribution >= 0.6 is 0 Å². The van der Waals surface area contributed by atoms with Gasteiger partial charge in [-0.25, -0.2) is 0 Å². The van der Waals surface area contributed by atoms with Crippen LogP contribution in [0.2, 0.25) is 0 Å². The first kappa shape index (κ1) is 14.8. The van der Waals surface area contributed by atoms with Crippen LogP contribution in [0.3, 0.4) is 0 Å². The van der Waals surface area contributed by atoms with E-state index in [1.807, 2.05) is 0 Å². The molecule has 2 aliphatic heterocycles. The van der Waals surface area contributed by atoms with Crippen molar-refractivity contribution in [2.75, 3.05) is 19.6 Å². The van der Waals surface area contributed by atoms with Gasteiger partial charge in [0.15, 0.2) is 0 Å². The molecule has 2 saturated heterocycles. The molecular weight excluding hydrogens is 248 g/mol. The Labute approximate surface area is 124 Å². The van der Waals surface area contributed by atoms with Gasteiger partial charge in [0.1, 0.15) is 0 Å². The van der Waals surface area contributed by atoms with E-state index in [0.29, 0.717) is 18.2 Å². The van der Waals surface area contributed by atoms with Crippen LogP contribution in [0, 0.1) is 11.8 Å². The Morgan fingerprint density at radius 1 is 1.10 bits per heavy atom. The molecule has 0 aromatic carbocycles. The van der Waals surface area contributed by atoms with E-state index >= 15 is 0 Å². The van der Waals surface area contributed by atoms with Gasteiger partial charge in [-0.3, -0.25) is 4.90 Å². The van der Waals surface area contributed by atoms with Gasteiger partial charge in [-0.2, -0.15) is 0 Å². The molecule has 5 unspecified atom stereocenters. The van der Waals surface area contributed by atoms with Crippen LogP contribution in [0.25, 0.3) is 0 Å². The number of nitrogens with one attached hydrogen (secondary N) is 1. The van der Waals surface area contributed by atoms with Gasteiger partial charge in [0, 0.05) is 25.2 Å². The van der Waals surface area contributed by atoms with Crippen molar-refractivity contribution >= 4 is 0 Å². The second-order valence-electron chi connectivity index (χ2n) is 7.46. The summed E-state index contributed by atoms with van der Waals surface area (Å²) < 4.78 is 6.03. The lowest BCUT2D eigenvalue weighted by Gasteiger charge is -2.46. The van der Waals surface area contributed by atoms with E-state index in [9.17, 15) is 0 Å². The van der Waals surface area contributed by atoms with Crippen LogP contribution in [-0.2, 0) is 4.74 Å². The summed E-state index contributed by atoms with van der Waals surface area (Å²) in [5.41, 5.74) is 0. The van der Waals surface area contributed by atoms with Crippen molar-refractivity contribution in [3.05, 3.63) is 0 Å². The third-order valence-electron chi connectivity index (χ3n) is 5.81. The SMILES string of the molecule is CCNC1CCC(C(C)C)CC1N1CC2CCC(C1)O2. The molecule has 3 rings (SSSR count). The number of likely N-dealkylation sites (N-methyl/N-ethyl adjacent to an activating group) is 1. The van der Waals surface area contributed by atoms with E-state index in [1.165, 1.54) is 45.2 Å². The molecule has 0 spiro atoms. The molecule has 0 radical (unpaired) electrons. The number of ether oxygens (including phenoxy) is 1. The minimum Gasteiger partial charge on any atom is -0.372 e. The first-order valence-electron chi connectivity index (χ1n) is 8.80. The average Bonchev–Trinajstić information content (AvgIpc) is 2.78. The van der Waals surface area contributed by atoms with Crippen LogP contribution in [0.5, 0.6) is 0 Å². The molecule has 1 saturated carbocycles.